The summed E-state index contributed by atoms with van der Waals surface area (Å²) < 4.78 is 5.57. The summed E-state index contributed by atoms with van der Waals surface area (Å²) in [5.74, 6) is 0.0779. The summed E-state index contributed by atoms with van der Waals surface area (Å²) in [4.78, 5) is 12.1. The van der Waals surface area contributed by atoms with Gasteiger partial charge in [0.15, 0.2) is 6.10 Å². The first-order valence-electron chi connectivity index (χ1n) is 7.56. The fraction of sp³-hybridized carbons (Fsp3) is 0.222. The van der Waals surface area contributed by atoms with Crippen LogP contribution in [0.3, 0.4) is 0 Å². The Morgan fingerprint density at radius 2 is 1.83 bits per heavy atom. The topological polar surface area (TPSA) is 50.7 Å². The second kappa shape index (κ2) is 7.24. The van der Waals surface area contributed by atoms with Gasteiger partial charge >= 0.3 is 0 Å². The average Bonchev–Trinajstić information content (AvgIpc) is 2.98. The van der Waals surface area contributed by atoms with E-state index in [9.17, 15) is 4.79 Å². The van der Waals surface area contributed by atoms with Crippen molar-refractivity contribution in [3.8, 4) is 5.75 Å². The van der Waals surface area contributed by atoms with Gasteiger partial charge in [0.25, 0.3) is 5.91 Å². The summed E-state index contributed by atoms with van der Waals surface area (Å²) in [5, 5.41) is 5.09. The summed E-state index contributed by atoms with van der Waals surface area (Å²) in [5.41, 5.74) is 6.00. The zero-order chi connectivity index (χ0) is 17.1. The van der Waals surface area contributed by atoms with Crippen molar-refractivity contribution in [1.82, 2.24) is 5.43 Å². The molecule has 0 heterocycles. The van der Waals surface area contributed by atoms with E-state index in [4.69, 9.17) is 27.9 Å². The summed E-state index contributed by atoms with van der Waals surface area (Å²) >= 11 is 11.9. The molecule has 0 saturated carbocycles. The van der Waals surface area contributed by atoms with Crippen molar-refractivity contribution in [1.29, 1.82) is 0 Å². The summed E-state index contributed by atoms with van der Waals surface area (Å²) in [6.45, 7) is 1.64. The zero-order valence-corrected chi connectivity index (χ0v) is 14.6. The monoisotopic (exact) mass is 362 g/mol. The number of nitrogens with one attached hydrogen (secondary N) is 1. The van der Waals surface area contributed by atoms with Crippen LogP contribution in [0.5, 0.6) is 5.75 Å². The molecule has 0 saturated heterocycles. The molecule has 2 aromatic rings. The van der Waals surface area contributed by atoms with E-state index in [1.807, 2.05) is 12.1 Å². The van der Waals surface area contributed by atoms with E-state index >= 15 is 0 Å². The van der Waals surface area contributed by atoms with E-state index in [1.54, 1.807) is 25.1 Å². The van der Waals surface area contributed by atoms with Crippen LogP contribution >= 0.6 is 23.2 Å². The van der Waals surface area contributed by atoms with Crippen molar-refractivity contribution in [3.63, 3.8) is 0 Å². The molecule has 6 heteroatoms. The lowest BCUT2D eigenvalue weighted by molar-refractivity contribution is -0.127. The van der Waals surface area contributed by atoms with Crippen LogP contribution in [-0.2, 0) is 17.6 Å². The number of rotatable bonds is 4. The first-order valence-corrected chi connectivity index (χ1v) is 8.32. The average molecular weight is 363 g/mol. The number of amides is 1. The number of fused-ring (bicyclic) bond motifs is 1. The van der Waals surface area contributed by atoms with Gasteiger partial charge < -0.3 is 4.74 Å². The van der Waals surface area contributed by atoms with Gasteiger partial charge in [0.05, 0.1) is 5.02 Å². The normalized spacial score (nSPS) is 14.0. The van der Waals surface area contributed by atoms with Gasteiger partial charge in [0.2, 0.25) is 0 Å². The molecule has 1 atom stereocenters. The number of nitrogens with zero attached hydrogens (tertiary/aromatic N) is 1. The van der Waals surface area contributed by atoms with Crippen molar-refractivity contribution < 1.29 is 9.53 Å². The molecule has 4 nitrogen and oxygen atoms in total. The maximum atomic E-state index is 12.1. The van der Waals surface area contributed by atoms with E-state index in [0.717, 1.165) is 18.6 Å². The van der Waals surface area contributed by atoms with Gasteiger partial charge in [-0.3, -0.25) is 4.79 Å². The van der Waals surface area contributed by atoms with Gasteiger partial charge in [-0.2, -0.15) is 5.10 Å². The number of hydrogen-bond acceptors (Lipinski definition) is 3. The molecule has 3 rings (SSSR count). The van der Waals surface area contributed by atoms with Crippen LogP contribution in [0.4, 0.5) is 0 Å². The molecule has 0 radical (unpaired) electrons. The Bertz CT molecular complexity index is 778. The van der Waals surface area contributed by atoms with E-state index in [0.29, 0.717) is 15.8 Å². The minimum Gasteiger partial charge on any atom is -0.479 e. The maximum Gasteiger partial charge on any atom is 0.280 e. The quantitative estimate of drug-likeness (QED) is 0.834. The second-order valence-corrected chi connectivity index (χ2v) is 6.45. The van der Waals surface area contributed by atoms with Crippen LogP contribution in [0.1, 0.15) is 18.1 Å². The Morgan fingerprint density at radius 1 is 1.17 bits per heavy atom. The maximum absolute atomic E-state index is 12.1. The largest absolute Gasteiger partial charge is 0.479 e. The number of benzene rings is 2. The molecular formula is C18H16Cl2N2O2. The lowest BCUT2D eigenvalue weighted by Gasteiger charge is -2.14. The minimum atomic E-state index is -0.725. The molecule has 2 aromatic carbocycles. The molecule has 0 aliphatic heterocycles. The molecule has 1 aliphatic rings. The molecule has 0 fully saturated rings. The first kappa shape index (κ1) is 16.8. The zero-order valence-electron chi connectivity index (χ0n) is 13.1. The summed E-state index contributed by atoms with van der Waals surface area (Å²) in [6, 6.07) is 13.0. The Balaban J connectivity index is 1.58. The Kier molecular flexibility index (Phi) is 5.07. The highest BCUT2D eigenvalue weighted by atomic mass is 35.5. The van der Waals surface area contributed by atoms with Crippen LogP contribution in [0.15, 0.2) is 47.6 Å². The van der Waals surface area contributed by atoms with Gasteiger partial charge in [-0.1, -0.05) is 47.5 Å². The van der Waals surface area contributed by atoms with Crippen LogP contribution < -0.4 is 10.2 Å². The fourth-order valence-corrected chi connectivity index (χ4v) is 2.98. The Hall–Kier alpha value is -2.04. The number of carbonyl (C=O) groups is 1. The van der Waals surface area contributed by atoms with E-state index in [1.165, 1.54) is 11.1 Å². The third-order valence-electron chi connectivity index (χ3n) is 3.80. The van der Waals surface area contributed by atoms with Gasteiger partial charge in [-0.05, 0) is 36.2 Å². The fourth-order valence-electron chi connectivity index (χ4n) is 2.52. The Morgan fingerprint density at radius 3 is 2.46 bits per heavy atom. The molecule has 1 N–H and O–H groups in total. The van der Waals surface area contributed by atoms with Crippen LogP contribution in [-0.4, -0.2) is 17.7 Å². The SMILES string of the molecule is CC(Oc1ccc(Cl)cc1Cl)C(=O)NN=C1Cc2ccccc2C1. The van der Waals surface area contributed by atoms with Gasteiger partial charge in [-0.15, -0.1) is 0 Å². The molecule has 0 aromatic heterocycles. The smallest absolute Gasteiger partial charge is 0.280 e. The predicted octanol–water partition coefficient (Wildman–Crippen LogP) is 4.03. The van der Waals surface area contributed by atoms with E-state index < -0.39 is 6.10 Å². The van der Waals surface area contributed by atoms with Crippen molar-refractivity contribution in [2.45, 2.75) is 25.9 Å². The van der Waals surface area contributed by atoms with E-state index in [2.05, 4.69) is 22.7 Å². The number of hydrogen-bond donors (Lipinski definition) is 1. The van der Waals surface area contributed by atoms with Gasteiger partial charge in [0.1, 0.15) is 5.75 Å². The highest BCUT2D eigenvalue weighted by molar-refractivity contribution is 6.35. The highest BCUT2D eigenvalue weighted by Crippen LogP contribution is 2.28. The minimum absolute atomic E-state index is 0.329. The number of halogens is 2. The van der Waals surface area contributed by atoms with Crippen LogP contribution in [0.2, 0.25) is 10.0 Å². The molecule has 0 spiro atoms. The summed E-state index contributed by atoms with van der Waals surface area (Å²) in [6.07, 6.45) is 0.792. The molecule has 124 valence electrons. The molecular weight excluding hydrogens is 347 g/mol. The predicted molar refractivity (Wildman–Crippen MR) is 96.0 cm³/mol. The van der Waals surface area contributed by atoms with Crippen LogP contribution in [0.25, 0.3) is 0 Å². The van der Waals surface area contributed by atoms with Gasteiger partial charge in [-0.25, -0.2) is 5.43 Å². The number of carbonyl (C=O) groups excluding carboxylic acids is 1. The molecule has 1 amide bonds. The lowest BCUT2D eigenvalue weighted by Crippen LogP contribution is -2.34. The third kappa shape index (κ3) is 3.89. The highest BCUT2D eigenvalue weighted by Gasteiger charge is 2.19. The second-order valence-electron chi connectivity index (χ2n) is 5.61. The van der Waals surface area contributed by atoms with Crippen LogP contribution in [0, 0.1) is 0 Å². The number of hydrazone groups is 1. The first-order chi connectivity index (χ1) is 11.5. The van der Waals surface area contributed by atoms with Crippen molar-refractivity contribution in [2.24, 2.45) is 5.10 Å². The van der Waals surface area contributed by atoms with Crippen molar-refractivity contribution in [2.75, 3.05) is 0 Å². The molecule has 24 heavy (non-hydrogen) atoms. The van der Waals surface area contributed by atoms with Gasteiger partial charge in [0, 0.05) is 23.6 Å². The van der Waals surface area contributed by atoms with Crippen molar-refractivity contribution in [3.05, 3.63) is 63.6 Å². The Labute approximate surface area is 150 Å². The molecule has 1 aliphatic carbocycles. The lowest BCUT2D eigenvalue weighted by atomic mass is 10.1. The third-order valence-corrected chi connectivity index (χ3v) is 4.33. The summed E-state index contributed by atoms with van der Waals surface area (Å²) in [7, 11) is 0. The molecule has 0 bridgehead atoms. The molecule has 1 unspecified atom stereocenters. The van der Waals surface area contributed by atoms with Crippen molar-refractivity contribution >= 4 is 34.8 Å². The standard InChI is InChI=1S/C18H16Cl2N2O2/c1-11(24-17-7-6-14(19)10-16(17)20)18(23)22-21-15-8-12-4-2-3-5-13(12)9-15/h2-7,10-11H,8-9H2,1H3,(H,22,23). The number of ether oxygens (including phenoxy) is 1. The van der Waals surface area contributed by atoms with E-state index in [-0.39, 0.29) is 5.91 Å².